The number of ether oxygens (including phenoxy) is 2. The predicted molar refractivity (Wildman–Crippen MR) is 166 cm³/mol. The quantitative estimate of drug-likeness (QED) is 0.154. The third kappa shape index (κ3) is 7.04. The number of fused-ring (bicyclic) bond motifs is 1. The van der Waals surface area contributed by atoms with Crippen LogP contribution < -0.4 is 20.3 Å². The predicted octanol–water partition coefficient (Wildman–Crippen LogP) is 6.32. The van der Waals surface area contributed by atoms with Crippen LogP contribution in [0.4, 0.5) is 5.69 Å². The van der Waals surface area contributed by atoms with Crippen LogP contribution in [0.25, 0.3) is 10.9 Å². The minimum absolute atomic E-state index is 0.178. The summed E-state index contributed by atoms with van der Waals surface area (Å²) in [6.07, 6.45) is 4.09. The van der Waals surface area contributed by atoms with E-state index in [9.17, 15) is 9.59 Å². The molecule has 0 bridgehead atoms. The second-order valence-electron chi connectivity index (χ2n) is 8.84. The molecule has 0 radical (unpaired) electrons. The van der Waals surface area contributed by atoms with Crippen molar-refractivity contribution in [1.29, 1.82) is 0 Å². The Labute approximate surface area is 248 Å². The highest BCUT2D eigenvalue weighted by Crippen LogP contribution is 2.33. The summed E-state index contributed by atoms with van der Waals surface area (Å²) in [4.78, 5) is 30.5. The first-order valence-electron chi connectivity index (χ1n) is 12.4. The maximum atomic E-state index is 13.3. The van der Waals surface area contributed by atoms with E-state index in [1.807, 2.05) is 49.4 Å². The molecule has 1 amide bonds. The van der Waals surface area contributed by atoms with Crippen molar-refractivity contribution in [2.45, 2.75) is 33.1 Å². The number of nitrogens with zero attached hydrogens (tertiary/aromatic N) is 3. The second-order valence-corrected chi connectivity index (χ2v) is 10.9. The van der Waals surface area contributed by atoms with Crippen LogP contribution in [0.2, 0.25) is 0 Å². The van der Waals surface area contributed by atoms with Gasteiger partial charge in [0.25, 0.3) is 11.5 Å². The number of carbonyl (C=O) groups is 1. The van der Waals surface area contributed by atoms with Crippen molar-refractivity contribution in [2.24, 2.45) is 5.10 Å². The average molecular weight is 703 g/mol. The van der Waals surface area contributed by atoms with Gasteiger partial charge in [0.05, 0.1) is 27.8 Å². The van der Waals surface area contributed by atoms with E-state index in [0.717, 1.165) is 32.1 Å². The molecule has 0 saturated heterocycles. The van der Waals surface area contributed by atoms with Crippen LogP contribution in [-0.2, 0) is 11.2 Å². The van der Waals surface area contributed by atoms with Crippen molar-refractivity contribution in [2.75, 3.05) is 19.0 Å². The fourth-order valence-electron chi connectivity index (χ4n) is 3.93. The van der Waals surface area contributed by atoms with E-state index in [4.69, 9.17) is 14.5 Å². The number of benzene rings is 3. The molecule has 0 atom stereocenters. The zero-order valence-corrected chi connectivity index (χ0v) is 25.6. The first kappa shape index (κ1) is 28.8. The number of rotatable bonds is 10. The van der Waals surface area contributed by atoms with E-state index >= 15 is 0 Å². The van der Waals surface area contributed by atoms with Crippen LogP contribution in [0.3, 0.4) is 0 Å². The molecule has 1 heterocycles. The zero-order valence-electron chi connectivity index (χ0n) is 21.8. The molecule has 4 rings (SSSR count). The Kier molecular flexibility index (Phi) is 9.73. The molecule has 8 nitrogen and oxygen atoms in total. The normalized spacial score (nSPS) is 11.2. The standard InChI is InChI=1S/C29H28BrIN4O4/c1-4-5-10-26-33-24-12-11-20(30)15-21(24)29(37)35(26)32-16-19-13-22(31)28(25(14-19)38-3)39-17-27(36)34-23-9-7-6-8-18(23)2/h6-9,11-16H,4-5,10,17H2,1-3H3,(H,34,36). The van der Waals surface area contributed by atoms with Crippen LogP contribution in [0, 0.1) is 10.5 Å². The van der Waals surface area contributed by atoms with E-state index in [1.54, 1.807) is 18.3 Å². The van der Waals surface area contributed by atoms with Gasteiger partial charge >= 0.3 is 0 Å². The van der Waals surface area contributed by atoms with Crippen LogP contribution in [0.5, 0.6) is 11.5 Å². The molecule has 1 aromatic heterocycles. The molecule has 0 aliphatic carbocycles. The zero-order chi connectivity index (χ0) is 27.9. The maximum Gasteiger partial charge on any atom is 0.282 e. The van der Waals surface area contributed by atoms with Crippen molar-refractivity contribution in [3.63, 3.8) is 0 Å². The molecule has 0 aliphatic rings. The Morgan fingerprint density at radius 3 is 2.74 bits per heavy atom. The minimum Gasteiger partial charge on any atom is -0.493 e. The molecule has 0 spiro atoms. The lowest BCUT2D eigenvalue weighted by molar-refractivity contribution is -0.118. The van der Waals surface area contributed by atoms with Gasteiger partial charge in [0, 0.05) is 16.6 Å². The van der Waals surface area contributed by atoms with Gasteiger partial charge in [-0.15, -0.1) is 0 Å². The van der Waals surface area contributed by atoms with Gasteiger partial charge in [0.1, 0.15) is 5.82 Å². The van der Waals surface area contributed by atoms with Crippen molar-refractivity contribution in [1.82, 2.24) is 9.66 Å². The lowest BCUT2D eigenvalue weighted by Gasteiger charge is -2.14. The maximum absolute atomic E-state index is 13.3. The third-order valence-corrected chi connectivity index (χ3v) is 7.26. The van der Waals surface area contributed by atoms with Gasteiger partial charge in [-0.25, -0.2) is 4.98 Å². The van der Waals surface area contributed by atoms with E-state index in [1.165, 1.54) is 11.8 Å². The summed E-state index contributed by atoms with van der Waals surface area (Å²) < 4.78 is 14.3. The molecule has 202 valence electrons. The molecule has 0 fully saturated rings. The fraction of sp³-hybridized carbons (Fsp3) is 0.241. The van der Waals surface area contributed by atoms with Crippen LogP contribution >= 0.6 is 38.5 Å². The molecule has 0 aliphatic heterocycles. The number of aromatic nitrogens is 2. The van der Waals surface area contributed by atoms with Gasteiger partial charge in [-0.05, 0) is 83.5 Å². The number of amides is 1. The second kappa shape index (κ2) is 13.2. The summed E-state index contributed by atoms with van der Waals surface area (Å²) in [6, 6.07) is 16.6. The summed E-state index contributed by atoms with van der Waals surface area (Å²) in [7, 11) is 1.53. The Bertz CT molecular complexity index is 1600. The number of carbonyl (C=O) groups excluding carboxylic acids is 1. The Balaban J connectivity index is 1.59. The molecule has 10 heteroatoms. The number of hydrogen-bond acceptors (Lipinski definition) is 6. The molecule has 4 aromatic rings. The topological polar surface area (TPSA) is 94.8 Å². The smallest absolute Gasteiger partial charge is 0.282 e. The lowest BCUT2D eigenvalue weighted by atomic mass is 10.2. The molecular formula is C29H28BrIN4O4. The summed E-state index contributed by atoms with van der Waals surface area (Å²) in [6.45, 7) is 3.84. The highest BCUT2D eigenvalue weighted by atomic mass is 127. The molecule has 3 aromatic carbocycles. The van der Waals surface area contributed by atoms with Crippen molar-refractivity contribution >= 4 is 67.2 Å². The van der Waals surface area contributed by atoms with E-state index < -0.39 is 0 Å². The van der Waals surface area contributed by atoms with Crippen LogP contribution in [-0.4, -0.2) is 35.5 Å². The third-order valence-electron chi connectivity index (χ3n) is 5.97. The number of halogens is 2. The Morgan fingerprint density at radius 2 is 2.00 bits per heavy atom. The first-order chi connectivity index (χ1) is 18.8. The molecular weight excluding hydrogens is 675 g/mol. The molecule has 39 heavy (non-hydrogen) atoms. The number of unbranched alkanes of at least 4 members (excludes halogenated alkanes) is 1. The average Bonchev–Trinajstić information content (AvgIpc) is 2.92. The number of hydrogen-bond donors (Lipinski definition) is 1. The summed E-state index contributed by atoms with van der Waals surface area (Å²) >= 11 is 5.56. The van der Waals surface area contributed by atoms with Gasteiger partial charge < -0.3 is 14.8 Å². The molecule has 0 saturated carbocycles. The van der Waals surface area contributed by atoms with Gasteiger partial charge in [-0.3, -0.25) is 9.59 Å². The van der Waals surface area contributed by atoms with Crippen molar-refractivity contribution in [3.05, 3.63) is 89.9 Å². The van der Waals surface area contributed by atoms with Crippen molar-refractivity contribution < 1.29 is 14.3 Å². The minimum atomic E-state index is -0.276. The largest absolute Gasteiger partial charge is 0.493 e. The van der Waals surface area contributed by atoms with Gasteiger partial charge in [0.15, 0.2) is 18.1 Å². The van der Waals surface area contributed by atoms with E-state index in [2.05, 4.69) is 55.9 Å². The summed E-state index contributed by atoms with van der Waals surface area (Å²) in [5.74, 6) is 1.23. The highest BCUT2D eigenvalue weighted by Gasteiger charge is 2.15. The SMILES string of the molecule is CCCCc1nc2ccc(Br)cc2c(=O)n1N=Cc1cc(I)c(OCC(=O)Nc2ccccc2C)c(OC)c1. The van der Waals surface area contributed by atoms with Gasteiger partial charge in [-0.1, -0.05) is 47.5 Å². The molecule has 0 unspecified atom stereocenters. The van der Waals surface area contributed by atoms with Gasteiger partial charge in [-0.2, -0.15) is 9.78 Å². The number of methoxy groups -OCH3 is 1. The fourth-order valence-corrected chi connectivity index (χ4v) is 5.07. The Morgan fingerprint density at radius 1 is 1.21 bits per heavy atom. The Hall–Kier alpha value is -3.25. The van der Waals surface area contributed by atoms with E-state index in [-0.39, 0.29) is 18.1 Å². The van der Waals surface area contributed by atoms with Crippen LogP contribution in [0.1, 0.15) is 36.7 Å². The number of para-hydroxylation sites is 1. The monoisotopic (exact) mass is 702 g/mol. The number of anilines is 1. The van der Waals surface area contributed by atoms with Crippen LogP contribution in [0.15, 0.2) is 69.0 Å². The van der Waals surface area contributed by atoms with E-state index in [0.29, 0.717) is 40.2 Å². The van der Waals surface area contributed by atoms with Gasteiger partial charge in [0.2, 0.25) is 0 Å². The summed E-state index contributed by atoms with van der Waals surface area (Å²) in [5.41, 5.74) is 2.82. The first-order valence-corrected chi connectivity index (χ1v) is 14.3. The van der Waals surface area contributed by atoms with Crippen molar-refractivity contribution in [3.8, 4) is 11.5 Å². The lowest BCUT2D eigenvalue weighted by Crippen LogP contribution is -2.22. The highest BCUT2D eigenvalue weighted by molar-refractivity contribution is 14.1. The summed E-state index contributed by atoms with van der Waals surface area (Å²) in [5, 5.41) is 7.87. The molecule has 1 N–H and O–H groups in total. The number of nitrogens with one attached hydrogen (secondary N) is 1. The number of aryl methyl sites for hydroxylation is 2.